The van der Waals surface area contributed by atoms with Gasteiger partial charge in [0.05, 0.1) is 5.76 Å². The molecule has 0 fully saturated rings. The lowest BCUT2D eigenvalue weighted by atomic mass is 10.3. The average molecular weight is 134 g/mol. The van der Waals surface area contributed by atoms with Gasteiger partial charge in [0.15, 0.2) is 0 Å². The first-order valence-electron chi connectivity index (χ1n) is 2.58. The standard InChI is InChI=1S/C7H6N2O/c1-6(10)2-3-7(4-8)5-9/h2-3,10H,1H3. The molecule has 0 saturated carbocycles. The van der Waals surface area contributed by atoms with E-state index in [4.69, 9.17) is 15.6 Å². The molecule has 1 N–H and O–H groups in total. The molecule has 0 saturated heterocycles. The molecule has 0 aromatic rings. The Kier molecular flexibility index (Phi) is 3.44. The molecule has 0 aliphatic heterocycles. The third-order valence-electron chi connectivity index (χ3n) is 0.732. The summed E-state index contributed by atoms with van der Waals surface area (Å²) in [7, 11) is 0. The second kappa shape index (κ2) is 4.17. The van der Waals surface area contributed by atoms with Crippen molar-refractivity contribution in [3.8, 4) is 12.1 Å². The molecule has 0 heterocycles. The number of aliphatic hydroxyl groups excluding tert-OH is 1. The lowest BCUT2D eigenvalue weighted by Crippen LogP contribution is -1.71. The maximum Gasteiger partial charge on any atom is 0.129 e. The van der Waals surface area contributed by atoms with Crippen LogP contribution in [0, 0.1) is 22.7 Å². The number of nitriles is 2. The van der Waals surface area contributed by atoms with E-state index in [1.54, 1.807) is 12.1 Å². The van der Waals surface area contributed by atoms with Gasteiger partial charge in [0.1, 0.15) is 17.7 Å². The topological polar surface area (TPSA) is 67.8 Å². The molecule has 0 aromatic heterocycles. The lowest BCUT2D eigenvalue weighted by Gasteiger charge is -1.80. The molecule has 3 heteroatoms. The van der Waals surface area contributed by atoms with Crippen LogP contribution in [0.3, 0.4) is 0 Å². The second-order valence-electron chi connectivity index (χ2n) is 1.61. The summed E-state index contributed by atoms with van der Waals surface area (Å²) in [4.78, 5) is 0. The zero-order chi connectivity index (χ0) is 7.98. The van der Waals surface area contributed by atoms with Gasteiger partial charge in [-0.25, -0.2) is 0 Å². The largest absolute Gasteiger partial charge is 0.513 e. The lowest BCUT2D eigenvalue weighted by molar-refractivity contribution is 0.414. The zero-order valence-corrected chi connectivity index (χ0v) is 5.50. The van der Waals surface area contributed by atoms with Gasteiger partial charge in [-0.2, -0.15) is 10.5 Å². The number of nitrogens with zero attached hydrogens (tertiary/aromatic N) is 2. The summed E-state index contributed by atoms with van der Waals surface area (Å²) in [6.45, 7) is 1.46. The summed E-state index contributed by atoms with van der Waals surface area (Å²) in [5, 5.41) is 25.0. The van der Waals surface area contributed by atoms with Gasteiger partial charge in [0.2, 0.25) is 0 Å². The van der Waals surface area contributed by atoms with E-state index >= 15 is 0 Å². The Bertz CT molecular complexity index is 230. The van der Waals surface area contributed by atoms with Gasteiger partial charge in [-0.1, -0.05) is 0 Å². The third-order valence-corrected chi connectivity index (χ3v) is 0.732. The van der Waals surface area contributed by atoms with Gasteiger partial charge >= 0.3 is 0 Å². The van der Waals surface area contributed by atoms with Crippen LogP contribution in [0.5, 0.6) is 0 Å². The van der Waals surface area contributed by atoms with E-state index < -0.39 is 0 Å². The quantitative estimate of drug-likeness (QED) is 0.335. The Hall–Kier alpha value is -1.74. The summed E-state index contributed by atoms with van der Waals surface area (Å²) in [5.74, 6) is 0.0722. The summed E-state index contributed by atoms with van der Waals surface area (Å²) in [5.41, 5.74) is -0.0200. The molecule has 0 aromatic carbocycles. The summed E-state index contributed by atoms with van der Waals surface area (Å²) in [6, 6.07) is 3.30. The normalized spacial score (nSPS) is 9.30. The predicted octanol–water partition coefficient (Wildman–Crippen LogP) is 1.42. The molecule has 0 amide bonds. The Morgan fingerprint density at radius 3 is 2.10 bits per heavy atom. The molecular weight excluding hydrogens is 128 g/mol. The van der Waals surface area contributed by atoms with Crippen molar-refractivity contribution in [3.63, 3.8) is 0 Å². The van der Waals surface area contributed by atoms with E-state index in [-0.39, 0.29) is 11.3 Å². The molecular formula is C7H6N2O. The minimum absolute atomic E-state index is 0.0200. The number of hydrogen-bond acceptors (Lipinski definition) is 3. The van der Waals surface area contributed by atoms with E-state index in [0.29, 0.717) is 0 Å². The second-order valence-corrected chi connectivity index (χ2v) is 1.61. The Morgan fingerprint density at radius 2 is 1.80 bits per heavy atom. The van der Waals surface area contributed by atoms with Gasteiger partial charge in [-0.3, -0.25) is 0 Å². The van der Waals surface area contributed by atoms with Crippen LogP contribution in [0.4, 0.5) is 0 Å². The maximum atomic E-state index is 8.59. The number of rotatable bonds is 1. The third kappa shape index (κ3) is 3.29. The number of hydrogen-bond donors (Lipinski definition) is 1. The monoisotopic (exact) mass is 134 g/mol. The first-order chi connectivity index (χ1) is 4.70. The fourth-order valence-corrected chi connectivity index (χ4v) is 0.303. The highest BCUT2D eigenvalue weighted by Gasteiger charge is 1.86. The van der Waals surface area contributed by atoms with Crippen molar-refractivity contribution in [3.05, 3.63) is 23.5 Å². The van der Waals surface area contributed by atoms with Crippen LogP contribution < -0.4 is 0 Å². The molecule has 0 bridgehead atoms. The van der Waals surface area contributed by atoms with Crippen LogP contribution in [0.25, 0.3) is 0 Å². The van der Waals surface area contributed by atoms with Crippen molar-refractivity contribution in [2.75, 3.05) is 0 Å². The molecule has 3 nitrogen and oxygen atoms in total. The van der Waals surface area contributed by atoms with Crippen LogP contribution in [0.2, 0.25) is 0 Å². The van der Waals surface area contributed by atoms with E-state index in [2.05, 4.69) is 0 Å². The van der Waals surface area contributed by atoms with E-state index in [1.165, 1.54) is 19.1 Å². The average Bonchev–Trinajstić information content (AvgIpc) is 1.90. The summed E-state index contributed by atoms with van der Waals surface area (Å²) < 4.78 is 0. The van der Waals surface area contributed by atoms with E-state index in [1.807, 2.05) is 0 Å². The van der Waals surface area contributed by atoms with Gasteiger partial charge in [-0.05, 0) is 19.1 Å². The van der Waals surface area contributed by atoms with Gasteiger partial charge in [-0.15, -0.1) is 0 Å². The molecule has 0 radical (unpaired) electrons. The Balaban J connectivity index is 4.36. The smallest absolute Gasteiger partial charge is 0.129 e. The Morgan fingerprint density at radius 1 is 1.30 bits per heavy atom. The molecule has 10 heavy (non-hydrogen) atoms. The maximum absolute atomic E-state index is 8.59. The van der Waals surface area contributed by atoms with Crippen LogP contribution in [-0.4, -0.2) is 5.11 Å². The fraction of sp³-hybridized carbons (Fsp3) is 0.143. The van der Waals surface area contributed by atoms with Crippen molar-refractivity contribution in [1.82, 2.24) is 0 Å². The zero-order valence-electron chi connectivity index (χ0n) is 5.50. The fourth-order valence-electron chi connectivity index (χ4n) is 0.303. The van der Waals surface area contributed by atoms with Crippen LogP contribution in [0.15, 0.2) is 23.5 Å². The van der Waals surface area contributed by atoms with Crippen LogP contribution in [0.1, 0.15) is 6.92 Å². The number of allylic oxidation sites excluding steroid dienone is 4. The van der Waals surface area contributed by atoms with Crippen molar-refractivity contribution in [1.29, 1.82) is 10.5 Å². The summed E-state index contributed by atoms with van der Waals surface area (Å²) >= 11 is 0. The molecule has 0 atom stereocenters. The predicted molar refractivity (Wildman–Crippen MR) is 35.7 cm³/mol. The van der Waals surface area contributed by atoms with Crippen molar-refractivity contribution in [2.24, 2.45) is 0 Å². The Labute approximate surface area is 59.1 Å². The van der Waals surface area contributed by atoms with E-state index in [9.17, 15) is 0 Å². The molecule has 0 aliphatic carbocycles. The van der Waals surface area contributed by atoms with Crippen LogP contribution in [-0.2, 0) is 0 Å². The van der Waals surface area contributed by atoms with Crippen molar-refractivity contribution >= 4 is 0 Å². The highest BCUT2D eigenvalue weighted by Crippen LogP contribution is 1.92. The van der Waals surface area contributed by atoms with E-state index in [0.717, 1.165) is 0 Å². The highest BCUT2D eigenvalue weighted by atomic mass is 16.3. The first kappa shape index (κ1) is 8.26. The molecule has 0 spiro atoms. The molecule has 0 unspecified atom stereocenters. The minimum atomic E-state index is -0.0200. The van der Waals surface area contributed by atoms with Gasteiger partial charge in [0, 0.05) is 0 Å². The molecule has 50 valence electrons. The van der Waals surface area contributed by atoms with Gasteiger partial charge in [0.25, 0.3) is 0 Å². The van der Waals surface area contributed by atoms with Crippen molar-refractivity contribution in [2.45, 2.75) is 6.92 Å². The number of aliphatic hydroxyl groups is 1. The van der Waals surface area contributed by atoms with Gasteiger partial charge < -0.3 is 5.11 Å². The van der Waals surface area contributed by atoms with Crippen molar-refractivity contribution < 1.29 is 5.11 Å². The first-order valence-corrected chi connectivity index (χ1v) is 2.58. The van der Waals surface area contributed by atoms with Crippen LogP contribution >= 0.6 is 0 Å². The summed E-state index contributed by atoms with van der Waals surface area (Å²) in [6.07, 6.45) is 2.55. The SMILES string of the molecule is CC(O)=CC=C(C#N)C#N. The molecule has 0 rings (SSSR count). The molecule has 0 aliphatic rings. The highest BCUT2D eigenvalue weighted by molar-refractivity contribution is 5.38. The minimum Gasteiger partial charge on any atom is -0.513 e.